The summed E-state index contributed by atoms with van der Waals surface area (Å²) in [7, 11) is 0. The minimum absolute atomic E-state index is 0.209. The molecule has 0 spiro atoms. The van der Waals surface area contributed by atoms with Gasteiger partial charge < -0.3 is 31.1 Å². The normalized spacial score (nSPS) is 15.7. The average Bonchev–Trinajstić information content (AvgIpc) is 2.75. The van der Waals surface area contributed by atoms with E-state index < -0.39 is 90.7 Å². The zero-order valence-electron chi connectivity index (χ0n) is 22.4. The first kappa shape index (κ1) is 34.1. The summed E-state index contributed by atoms with van der Waals surface area (Å²) in [6.07, 6.45) is -0.799. The topological polar surface area (TPSA) is 207 Å². The molecule has 12 heteroatoms. The number of carbonyl (C=O) groups excluding carboxylic acids is 2. The maximum absolute atomic E-state index is 13.2. The molecule has 0 amide bonds. The maximum atomic E-state index is 13.2. The average molecular weight is 531 g/mol. The molecule has 0 bridgehead atoms. The van der Waals surface area contributed by atoms with Gasteiger partial charge in [-0.3, -0.25) is 28.8 Å². The third kappa shape index (κ3) is 12.8. The Morgan fingerprint density at radius 1 is 0.676 bits per heavy atom. The van der Waals surface area contributed by atoms with E-state index in [1.165, 1.54) is 0 Å². The van der Waals surface area contributed by atoms with E-state index in [1.54, 1.807) is 41.5 Å². The molecule has 5 atom stereocenters. The van der Waals surface area contributed by atoms with E-state index in [9.17, 15) is 49.2 Å². The molecule has 0 aromatic heterocycles. The molecular weight excluding hydrogens is 488 g/mol. The molecule has 0 saturated heterocycles. The van der Waals surface area contributed by atoms with Crippen LogP contribution in [0.2, 0.25) is 0 Å². The third-order valence-corrected chi connectivity index (χ3v) is 6.15. The molecule has 0 aliphatic heterocycles. The van der Waals surface area contributed by atoms with Crippen LogP contribution in [0.1, 0.15) is 73.6 Å². The summed E-state index contributed by atoms with van der Waals surface area (Å²) in [6, 6.07) is -2.95. The number of carboxylic acid groups (broad SMARTS) is 4. The number of hydrogen-bond acceptors (Lipinski definition) is 8. The van der Waals surface area contributed by atoms with Crippen LogP contribution < -0.4 is 10.6 Å². The maximum Gasteiger partial charge on any atom is 0.320 e. The van der Waals surface area contributed by atoms with Crippen LogP contribution in [0.5, 0.6) is 0 Å². The molecule has 0 aromatic rings. The molecule has 0 aliphatic carbocycles. The van der Waals surface area contributed by atoms with Crippen molar-refractivity contribution in [2.45, 2.75) is 97.8 Å². The van der Waals surface area contributed by atoms with Crippen molar-refractivity contribution in [3.8, 4) is 0 Å². The van der Waals surface area contributed by atoms with Gasteiger partial charge in [0.15, 0.2) is 5.78 Å². The first-order valence-corrected chi connectivity index (χ1v) is 12.5. The molecule has 212 valence electrons. The summed E-state index contributed by atoms with van der Waals surface area (Å²) >= 11 is 0. The van der Waals surface area contributed by atoms with Crippen LogP contribution in [0.25, 0.3) is 0 Å². The molecule has 37 heavy (non-hydrogen) atoms. The molecule has 0 radical (unpaired) electrons. The summed E-state index contributed by atoms with van der Waals surface area (Å²) in [4.78, 5) is 71.3. The van der Waals surface area contributed by atoms with Crippen LogP contribution in [-0.4, -0.2) is 80.0 Å². The number of carboxylic acids is 4. The van der Waals surface area contributed by atoms with Gasteiger partial charge >= 0.3 is 23.9 Å². The molecular formula is C25H42N2O10. The molecule has 0 aromatic carbocycles. The standard InChI is InChI=1S/C25H42N2O10/c1-12(2)22(32)17(24(34)35)11-18(25(36)37)27-15(6)8-7-14(5)23(33)21(26-13(3)4)16(9-19(28)29)10-20(30)31/h12-18,21,26-27H,7-11H2,1-6H3,(H,28,29)(H,30,31)(H,34,35)(H,36,37). The summed E-state index contributed by atoms with van der Waals surface area (Å²) in [6.45, 7) is 9.92. The van der Waals surface area contributed by atoms with Gasteiger partial charge in [-0.25, -0.2) is 0 Å². The molecule has 0 saturated carbocycles. The Morgan fingerprint density at radius 2 is 1.19 bits per heavy atom. The molecule has 12 nitrogen and oxygen atoms in total. The van der Waals surface area contributed by atoms with E-state index in [0.717, 1.165) is 0 Å². The highest BCUT2D eigenvalue weighted by molar-refractivity contribution is 5.99. The summed E-state index contributed by atoms with van der Waals surface area (Å²) in [5.74, 6) is -9.60. The van der Waals surface area contributed by atoms with Crippen molar-refractivity contribution >= 4 is 35.4 Å². The molecule has 6 N–H and O–H groups in total. The second-order valence-electron chi connectivity index (χ2n) is 10.3. The van der Waals surface area contributed by atoms with Gasteiger partial charge in [0.2, 0.25) is 0 Å². The molecule has 5 unspecified atom stereocenters. The summed E-state index contributed by atoms with van der Waals surface area (Å²) in [5.41, 5.74) is 0. The van der Waals surface area contributed by atoms with Crippen LogP contribution in [0.3, 0.4) is 0 Å². The van der Waals surface area contributed by atoms with E-state index in [2.05, 4.69) is 10.6 Å². The number of Topliss-reactive ketones (excluding diaryl/α,β-unsaturated/α-hetero) is 2. The van der Waals surface area contributed by atoms with Gasteiger partial charge in [-0.05, 0) is 26.2 Å². The minimum atomic E-state index is -1.47. The lowest BCUT2D eigenvalue weighted by Gasteiger charge is -2.30. The fraction of sp³-hybridized carbons (Fsp3) is 0.760. The second kappa shape index (κ2) is 16.1. The quantitative estimate of drug-likeness (QED) is 0.124. The van der Waals surface area contributed by atoms with Crippen molar-refractivity contribution in [1.29, 1.82) is 0 Å². The Labute approximate surface area is 217 Å². The highest BCUT2D eigenvalue weighted by Gasteiger charge is 2.36. The Kier molecular flexibility index (Phi) is 14.8. The van der Waals surface area contributed by atoms with Gasteiger partial charge in [0.25, 0.3) is 0 Å². The Morgan fingerprint density at radius 3 is 1.57 bits per heavy atom. The fourth-order valence-electron chi connectivity index (χ4n) is 4.16. The molecule has 0 fully saturated rings. The van der Waals surface area contributed by atoms with Crippen molar-refractivity contribution in [3.05, 3.63) is 0 Å². The van der Waals surface area contributed by atoms with Crippen LogP contribution in [0.15, 0.2) is 0 Å². The van der Waals surface area contributed by atoms with E-state index in [1.807, 2.05) is 0 Å². The fourth-order valence-corrected chi connectivity index (χ4v) is 4.16. The smallest absolute Gasteiger partial charge is 0.320 e. The van der Waals surface area contributed by atoms with E-state index in [0.29, 0.717) is 6.42 Å². The van der Waals surface area contributed by atoms with E-state index >= 15 is 0 Å². The number of aliphatic carboxylic acids is 4. The minimum Gasteiger partial charge on any atom is -0.481 e. The lowest BCUT2D eigenvalue weighted by molar-refractivity contribution is -0.149. The van der Waals surface area contributed by atoms with Crippen molar-refractivity contribution < 1.29 is 49.2 Å². The second-order valence-corrected chi connectivity index (χ2v) is 10.3. The largest absolute Gasteiger partial charge is 0.481 e. The Hall–Kier alpha value is -2.86. The van der Waals surface area contributed by atoms with Gasteiger partial charge in [0.1, 0.15) is 17.7 Å². The number of rotatable bonds is 20. The van der Waals surface area contributed by atoms with Gasteiger partial charge in [0.05, 0.1) is 18.9 Å². The van der Waals surface area contributed by atoms with Crippen LogP contribution in [-0.2, 0) is 28.8 Å². The van der Waals surface area contributed by atoms with Crippen LogP contribution in [0.4, 0.5) is 0 Å². The Bertz CT molecular complexity index is 810. The summed E-state index contributed by atoms with van der Waals surface area (Å²) in [5, 5.41) is 43.2. The first-order valence-electron chi connectivity index (χ1n) is 12.5. The lowest BCUT2D eigenvalue weighted by Crippen LogP contribution is -2.49. The van der Waals surface area contributed by atoms with Crippen molar-refractivity contribution in [2.24, 2.45) is 23.7 Å². The zero-order valence-corrected chi connectivity index (χ0v) is 22.4. The van der Waals surface area contributed by atoms with Gasteiger partial charge in [0, 0.05) is 29.8 Å². The van der Waals surface area contributed by atoms with Crippen LogP contribution in [0, 0.1) is 23.7 Å². The van der Waals surface area contributed by atoms with Gasteiger partial charge in [-0.15, -0.1) is 0 Å². The van der Waals surface area contributed by atoms with Crippen molar-refractivity contribution in [1.82, 2.24) is 10.6 Å². The number of hydrogen-bond donors (Lipinski definition) is 6. The number of ketones is 2. The number of nitrogens with one attached hydrogen (secondary N) is 2. The molecule has 0 heterocycles. The van der Waals surface area contributed by atoms with Gasteiger partial charge in [-0.2, -0.15) is 0 Å². The highest BCUT2D eigenvalue weighted by Crippen LogP contribution is 2.22. The highest BCUT2D eigenvalue weighted by atomic mass is 16.4. The van der Waals surface area contributed by atoms with Gasteiger partial charge in [-0.1, -0.05) is 34.6 Å². The van der Waals surface area contributed by atoms with E-state index in [4.69, 9.17) is 0 Å². The SMILES string of the molecule is CC(C)NC(C(=O)C(C)CCC(C)NC(CC(C(=O)O)C(=O)C(C)C)C(=O)O)C(CC(=O)O)CC(=O)O. The predicted octanol–water partition coefficient (Wildman–Crippen LogP) is 1.65. The monoisotopic (exact) mass is 530 g/mol. The first-order chi connectivity index (χ1) is 17.0. The van der Waals surface area contributed by atoms with Crippen molar-refractivity contribution in [3.63, 3.8) is 0 Å². The molecule has 0 rings (SSSR count). The predicted molar refractivity (Wildman–Crippen MR) is 133 cm³/mol. The summed E-state index contributed by atoms with van der Waals surface area (Å²) < 4.78 is 0. The Balaban J connectivity index is 5.41. The molecule has 0 aliphatic rings. The van der Waals surface area contributed by atoms with Crippen LogP contribution >= 0.6 is 0 Å². The van der Waals surface area contributed by atoms with Crippen molar-refractivity contribution in [2.75, 3.05) is 0 Å². The number of carbonyl (C=O) groups is 6. The third-order valence-electron chi connectivity index (χ3n) is 6.15. The zero-order chi connectivity index (χ0) is 29.0. The lowest BCUT2D eigenvalue weighted by atomic mass is 9.83. The van der Waals surface area contributed by atoms with E-state index in [-0.39, 0.29) is 18.2 Å².